The van der Waals surface area contributed by atoms with Crippen molar-refractivity contribution in [1.82, 2.24) is 0 Å². The van der Waals surface area contributed by atoms with Gasteiger partial charge in [-0.25, -0.2) is 0 Å². The van der Waals surface area contributed by atoms with Crippen LogP contribution in [0.5, 0.6) is 0 Å². The van der Waals surface area contributed by atoms with Crippen molar-refractivity contribution in [2.45, 2.75) is 44.9 Å². The maximum atomic E-state index is 13.4. The van der Waals surface area contributed by atoms with E-state index in [9.17, 15) is 4.79 Å². The molecule has 0 spiro atoms. The summed E-state index contributed by atoms with van der Waals surface area (Å²) in [5.74, 6) is 3.97. The van der Waals surface area contributed by atoms with Crippen LogP contribution in [-0.2, 0) is 11.2 Å². The normalized spacial score (nSPS) is 38.9. The first-order valence-corrected chi connectivity index (χ1v) is 9.20. The molecule has 5 atom stereocenters. The van der Waals surface area contributed by atoms with Gasteiger partial charge < -0.3 is 4.90 Å². The molecule has 2 nitrogen and oxygen atoms in total. The minimum Gasteiger partial charge on any atom is -0.312 e. The molecule has 22 heavy (non-hydrogen) atoms. The molecule has 3 fully saturated rings. The summed E-state index contributed by atoms with van der Waals surface area (Å²) in [6, 6.07) is 8.51. The zero-order chi connectivity index (χ0) is 14.7. The van der Waals surface area contributed by atoms with E-state index < -0.39 is 0 Å². The van der Waals surface area contributed by atoms with Crippen molar-refractivity contribution < 1.29 is 4.79 Å². The van der Waals surface area contributed by atoms with Gasteiger partial charge in [0.05, 0.1) is 0 Å². The fraction of sp³-hybridized carbons (Fsp3) is 0.650. The number of benzene rings is 1. The van der Waals surface area contributed by atoms with Crippen LogP contribution in [0.2, 0.25) is 0 Å². The van der Waals surface area contributed by atoms with E-state index in [1.807, 2.05) is 0 Å². The molecule has 5 rings (SSSR count). The van der Waals surface area contributed by atoms with Crippen molar-refractivity contribution in [2.24, 2.45) is 29.6 Å². The van der Waals surface area contributed by atoms with Gasteiger partial charge >= 0.3 is 0 Å². The van der Waals surface area contributed by atoms with Gasteiger partial charge in [-0.15, -0.1) is 0 Å². The molecule has 0 radical (unpaired) electrons. The summed E-state index contributed by atoms with van der Waals surface area (Å²) in [7, 11) is 0. The Hall–Kier alpha value is -1.31. The predicted octanol–water partition coefficient (Wildman–Crippen LogP) is 4.04. The van der Waals surface area contributed by atoms with Gasteiger partial charge in [-0.2, -0.15) is 0 Å². The highest BCUT2D eigenvalue weighted by Gasteiger charge is 2.52. The van der Waals surface area contributed by atoms with E-state index in [2.05, 4.69) is 29.2 Å². The Labute approximate surface area is 132 Å². The van der Waals surface area contributed by atoms with Gasteiger partial charge in [0, 0.05) is 18.2 Å². The molecule has 0 N–H and O–H groups in total. The Bertz CT molecular complexity index is 609. The fourth-order valence-electron chi connectivity index (χ4n) is 6.24. The average molecular weight is 295 g/mol. The quantitative estimate of drug-likeness (QED) is 0.766. The number of hydrogen-bond acceptors (Lipinski definition) is 1. The standard InChI is InChI=1S/C20H25NO/c22-20(21-9-8-14-5-1-2-7-18(14)21)19-16-11-13-4-3-6-17(19)15(10-13)12-16/h1-2,5,7,13,15-17,19H,3-4,6,8-12H2/t13-,15?,16+,17+,19?/m0/s1. The monoisotopic (exact) mass is 295 g/mol. The van der Waals surface area contributed by atoms with Crippen molar-refractivity contribution in [2.75, 3.05) is 11.4 Å². The molecule has 1 amide bonds. The topological polar surface area (TPSA) is 20.3 Å². The Morgan fingerprint density at radius 2 is 1.91 bits per heavy atom. The number of rotatable bonds is 1. The van der Waals surface area contributed by atoms with Crippen molar-refractivity contribution >= 4 is 11.6 Å². The second-order valence-corrected chi connectivity index (χ2v) is 8.08. The number of nitrogens with zero attached hydrogens (tertiary/aromatic N) is 1. The van der Waals surface area contributed by atoms with Crippen LogP contribution >= 0.6 is 0 Å². The molecule has 0 saturated heterocycles. The molecule has 1 aliphatic heterocycles. The van der Waals surface area contributed by atoms with Crippen LogP contribution in [0.3, 0.4) is 0 Å². The van der Waals surface area contributed by atoms with Gasteiger partial charge in [-0.3, -0.25) is 4.79 Å². The van der Waals surface area contributed by atoms with Gasteiger partial charge in [-0.05, 0) is 67.4 Å². The summed E-state index contributed by atoms with van der Waals surface area (Å²) in [4.78, 5) is 15.5. The van der Waals surface area contributed by atoms with E-state index in [-0.39, 0.29) is 0 Å². The molecule has 4 aliphatic rings. The molecule has 3 saturated carbocycles. The Kier molecular flexibility index (Phi) is 2.90. The molecule has 1 heterocycles. The lowest BCUT2D eigenvalue weighted by Gasteiger charge is -2.31. The molecule has 3 aliphatic carbocycles. The Morgan fingerprint density at radius 1 is 1.05 bits per heavy atom. The summed E-state index contributed by atoms with van der Waals surface area (Å²) < 4.78 is 0. The van der Waals surface area contributed by atoms with Crippen LogP contribution in [0.4, 0.5) is 5.69 Å². The van der Waals surface area contributed by atoms with Crippen LogP contribution in [0.15, 0.2) is 24.3 Å². The molecular weight excluding hydrogens is 270 g/mol. The summed E-state index contributed by atoms with van der Waals surface area (Å²) in [6.07, 6.45) is 9.23. The number of fused-ring (bicyclic) bond motifs is 3. The number of amides is 1. The van der Waals surface area contributed by atoms with Crippen LogP contribution in [-0.4, -0.2) is 12.5 Å². The fourth-order valence-corrected chi connectivity index (χ4v) is 6.24. The van der Waals surface area contributed by atoms with E-state index in [4.69, 9.17) is 0 Å². The lowest BCUT2D eigenvalue weighted by Crippen LogP contribution is -2.39. The molecule has 2 unspecified atom stereocenters. The molecule has 1 aromatic rings. The van der Waals surface area contributed by atoms with Crippen LogP contribution in [0.1, 0.15) is 44.1 Å². The summed E-state index contributed by atoms with van der Waals surface area (Å²) >= 11 is 0. The van der Waals surface area contributed by atoms with Gasteiger partial charge in [-0.1, -0.05) is 31.0 Å². The molecular formula is C20H25NO. The second-order valence-electron chi connectivity index (χ2n) is 8.08. The lowest BCUT2D eigenvalue weighted by molar-refractivity contribution is -0.125. The number of hydrogen-bond donors (Lipinski definition) is 0. The number of carbonyl (C=O) groups is 1. The first kappa shape index (κ1) is 13.2. The third-order valence-electron chi connectivity index (χ3n) is 7.04. The Morgan fingerprint density at radius 3 is 2.86 bits per heavy atom. The molecule has 116 valence electrons. The molecule has 3 bridgehead atoms. The van der Waals surface area contributed by atoms with Gasteiger partial charge in [0.1, 0.15) is 0 Å². The van der Waals surface area contributed by atoms with Gasteiger partial charge in [0.2, 0.25) is 5.91 Å². The van der Waals surface area contributed by atoms with E-state index in [1.165, 1.54) is 49.8 Å². The van der Waals surface area contributed by atoms with Crippen LogP contribution < -0.4 is 4.90 Å². The second kappa shape index (κ2) is 4.84. The molecule has 2 heteroatoms. The van der Waals surface area contributed by atoms with Crippen molar-refractivity contribution in [1.29, 1.82) is 0 Å². The summed E-state index contributed by atoms with van der Waals surface area (Å²) in [6.45, 7) is 0.905. The number of anilines is 1. The van der Waals surface area contributed by atoms with Gasteiger partial charge in [0.25, 0.3) is 0 Å². The summed E-state index contributed by atoms with van der Waals surface area (Å²) in [5, 5.41) is 0. The zero-order valence-electron chi connectivity index (χ0n) is 13.2. The minimum absolute atomic E-state index is 0.335. The Balaban J connectivity index is 1.47. The lowest BCUT2D eigenvalue weighted by atomic mass is 9.77. The number of para-hydroxylation sites is 1. The highest BCUT2D eigenvalue weighted by atomic mass is 16.2. The first-order valence-electron chi connectivity index (χ1n) is 9.20. The van der Waals surface area contributed by atoms with Crippen molar-refractivity contribution in [3.8, 4) is 0 Å². The smallest absolute Gasteiger partial charge is 0.230 e. The van der Waals surface area contributed by atoms with E-state index in [0.717, 1.165) is 24.8 Å². The minimum atomic E-state index is 0.335. The van der Waals surface area contributed by atoms with Crippen LogP contribution in [0.25, 0.3) is 0 Å². The van der Waals surface area contributed by atoms with E-state index >= 15 is 0 Å². The zero-order valence-corrected chi connectivity index (χ0v) is 13.2. The summed E-state index contributed by atoms with van der Waals surface area (Å²) in [5.41, 5.74) is 2.56. The highest BCUT2D eigenvalue weighted by Crippen LogP contribution is 2.57. The van der Waals surface area contributed by atoms with Gasteiger partial charge in [0.15, 0.2) is 0 Å². The highest BCUT2D eigenvalue weighted by molar-refractivity contribution is 5.97. The average Bonchev–Trinajstić information content (AvgIpc) is 3.01. The first-order chi connectivity index (χ1) is 10.8. The maximum absolute atomic E-state index is 13.4. The van der Waals surface area contributed by atoms with E-state index in [1.54, 1.807) is 0 Å². The van der Waals surface area contributed by atoms with E-state index in [0.29, 0.717) is 23.7 Å². The SMILES string of the molecule is O=C(C1[C@H]2CC3C[C@H](CCC[C@H]31)C2)N1CCc2ccccc21. The predicted molar refractivity (Wildman–Crippen MR) is 87.7 cm³/mol. The maximum Gasteiger partial charge on any atom is 0.230 e. The third kappa shape index (κ3) is 1.82. The molecule has 0 aromatic heterocycles. The molecule has 1 aromatic carbocycles. The van der Waals surface area contributed by atoms with Crippen molar-refractivity contribution in [3.63, 3.8) is 0 Å². The van der Waals surface area contributed by atoms with Crippen LogP contribution in [0, 0.1) is 29.6 Å². The largest absolute Gasteiger partial charge is 0.312 e. The van der Waals surface area contributed by atoms with Crippen molar-refractivity contribution in [3.05, 3.63) is 29.8 Å². The number of carbonyl (C=O) groups excluding carboxylic acids is 1. The third-order valence-corrected chi connectivity index (χ3v) is 7.04.